The first-order chi connectivity index (χ1) is 11.4. The van der Waals surface area contributed by atoms with E-state index in [4.69, 9.17) is 11.6 Å². The molecule has 0 bridgehead atoms. The predicted molar refractivity (Wildman–Crippen MR) is 96.1 cm³/mol. The summed E-state index contributed by atoms with van der Waals surface area (Å²) in [6.07, 6.45) is 1.87. The Kier molecular flexibility index (Phi) is 3.25. The number of imidazole rings is 1. The Morgan fingerprint density at radius 2 is 1.92 bits per heavy atom. The Balaban J connectivity index is 1.74. The third kappa shape index (κ3) is 2.31. The van der Waals surface area contributed by atoms with Gasteiger partial charge in [0.2, 0.25) is 5.91 Å². The first-order valence-corrected chi connectivity index (χ1v) is 8.11. The molecule has 1 aromatic heterocycles. The third-order valence-corrected chi connectivity index (χ3v) is 4.72. The van der Waals surface area contributed by atoms with E-state index < -0.39 is 5.41 Å². The number of nitrogens with one attached hydrogen (secondary N) is 2. The lowest BCUT2D eigenvalue weighted by molar-refractivity contribution is -0.119. The van der Waals surface area contributed by atoms with E-state index >= 15 is 0 Å². The zero-order valence-corrected chi connectivity index (χ0v) is 14.1. The van der Waals surface area contributed by atoms with E-state index in [9.17, 15) is 4.79 Å². The lowest BCUT2D eigenvalue weighted by atomic mass is 9.85. The highest BCUT2D eigenvalue weighted by atomic mass is 35.5. The first kappa shape index (κ1) is 15.0. The van der Waals surface area contributed by atoms with Crippen LogP contribution in [0.25, 0.3) is 22.6 Å². The molecule has 2 heterocycles. The molecule has 0 spiro atoms. The molecule has 0 radical (unpaired) electrons. The van der Waals surface area contributed by atoms with E-state index in [1.165, 1.54) is 0 Å². The number of fused-ring (bicyclic) bond motifs is 1. The minimum Gasteiger partial charge on any atom is -0.344 e. The number of carbonyl (C=O) groups is 1. The van der Waals surface area contributed by atoms with Crippen LogP contribution in [0, 0.1) is 0 Å². The molecule has 1 amide bonds. The second-order valence-electron chi connectivity index (χ2n) is 6.48. The topological polar surface area (TPSA) is 57.8 Å². The van der Waals surface area contributed by atoms with E-state index in [0.29, 0.717) is 5.02 Å². The summed E-state index contributed by atoms with van der Waals surface area (Å²) in [7, 11) is 0. The summed E-state index contributed by atoms with van der Waals surface area (Å²) in [6.45, 7) is 3.86. The second-order valence-corrected chi connectivity index (χ2v) is 6.92. The van der Waals surface area contributed by atoms with Gasteiger partial charge in [0.1, 0.15) is 5.82 Å². The maximum atomic E-state index is 12.1. The van der Waals surface area contributed by atoms with Crippen molar-refractivity contribution in [3.05, 3.63) is 59.2 Å². The molecule has 0 saturated heterocycles. The number of aromatic amines is 1. The van der Waals surface area contributed by atoms with Crippen molar-refractivity contribution in [1.82, 2.24) is 9.97 Å². The van der Waals surface area contributed by atoms with Gasteiger partial charge in [-0.15, -0.1) is 0 Å². The van der Waals surface area contributed by atoms with Crippen LogP contribution in [0.15, 0.2) is 48.7 Å². The number of carbonyl (C=O) groups excluding carboxylic acids is 1. The number of hydrogen-bond donors (Lipinski definition) is 2. The van der Waals surface area contributed by atoms with Crippen molar-refractivity contribution in [1.29, 1.82) is 0 Å². The molecule has 0 fully saturated rings. The van der Waals surface area contributed by atoms with Crippen LogP contribution < -0.4 is 5.32 Å². The molecule has 2 N–H and O–H groups in total. The van der Waals surface area contributed by atoms with E-state index in [1.54, 1.807) is 0 Å². The molecule has 5 heteroatoms. The van der Waals surface area contributed by atoms with Crippen LogP contribution in [0.2, 0.25) is 5.02 Å². The highest BCUT2D eigenvalue weighted by Crippen LogP contribution is 2.39. The predicted octanol–water partition coefficient (Wildman–Crippen LogP) is 4.63. The lowest BCUT2D eigenvalue weighted by Gasteiger charge is -2.15. The summed E-state index contributed by atoms with van der Waals surface area (Å²) in [5, 5.41) is 3.60. The SMILES string of the molecule is CC1(C)C(=O)Nc2ccc(-c3c[nH]c(-c4cccc(Cl)c4)n3)cc21. The van der Waals surface area contributed by atoms with Crippen LogP contribution in [-0.2, 0) is 10.2 Å². The Hall–Kier alpha value is -2.59. The number of aromatic nitrogens is 2. The minimum absolute atomic E-state index is 0.0243. The van der Waals surface area contributed by atoms with Crippen molar-refractivity contribution in [2.24, 2.45) is 0 Å². The molecule has 0 atom stereocenters. The van der Waals surface area contributed by atoms with Gasteiger partial charge in [-0.05, 0) is 43.7 Å². The van der Waals surface area contributed by atoms with E-state index in [0.717, 1.165) is 33.9 Å². The number of anilines is 1. The lowest BCUT2D eigenvalue weighted by Crippen LogP contribution is -2.26. The smallest absolute Gasteiger partial charge is 0.234 e. The van der Waals surface area contributed by atoms with Gasteiger partial charge >= 0.3 is 0 Å². The maximum absolute atomic E-state index is 12.1. The number of rotatable bonds is 2. The van der Waals surface area contributed by atoms with Gasteiger partial charge in [-0.2, -0.15) is 0 Å². The normalized spacial score (nSPS) is 15.2. The third-order valence-electron chi connectivity index (χ3n) is 4.48. The van der Waals surface area contributed by atoms with Gasteiger partial charge in [0.25, 0.3) is 0 Å². The standard InChI is InChI=1S/C19H16ClN3O/c1-19(2)14-9-11(6-7-15(14)23-18(19)24)16-10-21-17(22-16)12-4-3-5-13(20)8-12/h3-10H,1-2H3,(H,21,22)(H,23,24). The Bertz CT molecular complexity index is 959. The van der Waals surface area contributed by atoms with Gasteiger partial charge in [-0.25, -0.2) is 4.98 Å². The molecule has 0 saturated carbocycles. The summed E-state index contributed by atoms with van der Waals surface area (Å²) >= 11 is 6.05. The molecule has 4 rings (SSSR count). The van der Waals surface area contributed by atoms with Crippen LogP contribution in [0.5, 0.6) is 0 Å². The molecule has 2 aromatic carbocycles. The molecule has 0 aliphatic carbocycles. The molecule has 4 nitrogen and oxygen atoms in total. The summed E-state index contributed by atoms with van der Waals surface area (Å²) in [6, 6.07) is 13.5. The van der Waals surface area contributed by atoms with Gasteiger partial charge in [0.05, 0.1) is 11.1 Å². The van der Waals surface area contributed by atoms with E-state index in [1.807, 2.05) is 62.5 Å². The molecule has 0 unspecified atom stereocenters. The Labute approximate surface area is 144 Å². The van der Waals surface area contributed by atoms with Crippen molar-refractivity contribution in [3.63, 3.8) is 0 Å². The van der Waals surface area contributed by atoms with Gasteiger partial charge in [0.15, 0.2) is 0 Å². The number of nitrogens with zero attached hydrogens (tertiary/aromatic N) is 1. The summed E-state index contributed by atoms with van der Waals surface area (Å²) in [5.41, 5.74) is 4.09. The minimum atomic E-state index is -0.530. The van der Waals surface area contributed by atoms with Crippen molar-refractivity contribution in [2.45, 2.75) is 19.3 Å². The van der Waals surface area contributed by atoms with Crippen molar-refractivity contribution < 1.29 is 4.79 Å². The van der Waals surface area contributed by atoms with Crippen LogP contribution in [0.3, 0.4) is 0 Å². The fraction of sp³-hybridized carbons (Fsp3) is 0.158. The molecular weight excluding hydrogens is 322 g/mol. The van der Waals surface area contributed by atoms with Crippen LogP contribution >= 0.6 is 11.6 Å². The van der Waals surface area contributed by atoms with Crippen LogP contribution in [0.4, 0.5) is 5.69 Å². The number of amides is 1. The zero-order chi connectivity index (χ0) is 16.9. The average Bonchev–Trinajstić information content (AvgIpc) is 3.12. The van der Waals surface area contributed by atoms with Crippen molar-refractivity contribution >= 4 is 23.2 Å². The molecule has 1 aliphatic heterocycles. The van der Waals surface area contributed by atoms with E-state index in [-0.39, 0.29) is 5.91 Å². The monoisotopic (exact) mass is 337 g/mol. The molecule has 24 heavy (non-hydrogen) atoms. The number of halogens is 1. The van der Waals surface area contributed by atoms with Gasteiger partial charge in [0, 0.05) is 28.0 Å². The summed E-state index contributed by atoms with van der Waals surface area (Å²) in [5.74, 6) is 0.790. The molecule has 120 valence electrons. The number of H-pyrrole nitrogens is 1. The highest BCUT2D eigenvalue weighted by Gasteiger charge is 2.38. The average molecular weight is 338 g/mol. The zero-order valence-electron chi connectivity index (χ0n) is 13.4. The molecule has 3 aromatic rings. The molecular formula is C19H16ClN3O. The summed E-state index contributed by atoms with van der Waals surface area (Å²) in [4.78, 5) is 19.9. The van der Waals surface area contributed by atoms with Crippen molar-refractivity contribution in [3.8, 4) is 22.6 Å². The molecule has 1 aliphatic rings. The summed E-state index contributed by atoms with van der Waals surface area (Å²) < 4.78 is 0. The van der Waals surface area contributed by atoms with Crippen LogP contribution in [-0.4, -0.2) is 15.9 Å². The largest absolute Gasteiger partial charge is 0.344 e. The van der Waals surface area contributed by atoms with E-state index in [2.05, 4.69) is 15.3 Å². The quantitative estimate of drug-likeness (QED) is 0.716. The fourth-order valence-corrected chi connectivity index (χ4v) is 3.17. The number of benzene rings is 2. The van der Waals surface area contributed by atoms with Gasteiger partial charge in [-0.3, -0.25) is 4.79 Å². The fourth-order valence-electron chi connectivity index (χ4n) is 2.98. The second kappa shape index (κ2) is 5.21. The van der Waals surface area contributed by atoms with Gasteiger partial charge in [-0.1, -0.05) is 29.8 Å². The maximum Gasteiger partial charge on any atom is 0.234 e. The Morgan fingerprint density at radius 3 is 2.71 bits per heavy atom. The van der Waals surface area contributed by atoms with Crippen LogP contribution in [0.1, 0.15) is 19.4 Å². The highest BCUT2D eigenvalue weighted by molar-refractivity contribution is 6.30. The Morgan fingerprint density at radius 1 is 1.08 bits per heavy atom. The van der Waals surface area contributed by atoms with Crippen molar-refractivity contribution in [2.75, 3.05) is 5.32 Å². The number of hydrogen-bond acceptors (Lipinski definition) is 2. The van der Waals surface area contributed by atoms with Gasteiger partial charge < -0.3 is 10.3 Å². The first-order valence-electron chi connectivity index (χ1n) is 7.73.